The van der Waals surface area contributed by atoms with Crippen molar-refractivity contribution in [3.8, 4) is 0 Å². The quantitative estimate of drug-likeness (QED) is 0.862. The van der Waals surface area contributed by atoms with Crippen molar-refractivity contribution in [3.05, 3.63) is 45.5 Å². The van der Waals surface area contributed by atoms with Gasteiger partial charge >= 0.3 is 0 Å². The number of rotatable bonds is 3. The number of nitrogens with zero attached hydrogens (tertiary/aromatic N) is 3. The van der Waals surface area contributed by atoms with E-state index in [1.807, 2.05) is 0 Å². The molecule has 1 aliphatic carbocycles. The van der Waals surface area contributed by atoms with Crippen LogP contribution < -0.4 is 4.80 Å². The number of aromatic nitrogens is 2. The molecule has 2 aromatic heterocycles. The Morgan fingerprint density at radius 3 is 2.74 bits per heavy atom. The number of pyridine rings is 1. The Kier molecular flexibility index (Phi) is 4.23. The third-order valence-electron chi connectivity index (χ3n) is 4.08. The lowest BCUT2D eigenvalue weighted by atomic mass is 9.93. The summed E-state index contributed by atoms with van der Waals surface area (Å²) in [5.74, 6) is 0.521. The van der Waals surface area contributed by atoms with Gasteiger partial charge < -0.3 is 4.57 Å². The van der Waals surface area contributed by atoms with Gasteiger partial charge in [0, 0.05) is 29.5 Å². The Bertz CT molecular complexity index is 777. The molecule has 0 bridgehead atoms. The highest BCUT2D eigenvalue weighted by Crippen LogP contribution is 2.33. The van der Waals surface area contributed by atoms with Crippen molar-refractivity contribution in [2.24, 2.45) is 10.9 Å². The summed E-state index contributed by atoms with van der Waals surface area (Å²) in [4.78, 5) is 23.0. The summed E-state index contributed by atoms with van der Waals surface area (Å²) in [6.45, 7) is 9.74. The van der Waals surface area contributed by atoms with Gasteiger partial charge in [-0.25, -0.2) is 0 Å². The van der Waals surface area contributed by atoms with Gasteiger partial charge in [-0.05, 0) is 43.2 Å². The van der Waals surface area contributed by atoms with Crippen LogP contribution in [0.1, 0.15) is 54.5 Å². The fraction of sp³-hybridized carbons (Fsp3) is 0.500. The molecule has 2 aromatic rings. The topological polar surface area (TPSA) is 47.2 Å². The highest BCUT2D eigenvalue weighted by molar-refractivity contribution is 7.09. The third kappa shape index (κ3) is 3.61. The summed E-state index contributed by atoms with van der Waals surface area (Å²) >= 11 is 1.64. The minimum atomic E-state index is -0.218. The molecule has 0 aliphatic heterocycles. The predicted octanol–water partition coefficient (Wildman–Crippen LogP) is 3.70. The molecule has 0 saturated heterocycles. The minimum Gasteiger partial charge on any atom is -0.320 e. The van der Waals surface area contributed by atoms with Gasteiger partial charge in [-0.1, -0.05) is 20.8 Å². The van der Waals surface area contributed by atoms with E-state index in [0.29, 0.717) is 5.56 Å². The molecule has 0 radical (unpaired) electrons. The molecular weight excluding hydrogens is 306 g/mol. The van der Waals surface area contributed by atoms with Gasteiger partial charge in [0.2, 0.25) is 0 Å². The van der Waals surface area contributed by atoms with E-state index in [-0.39, 0.29) is 11.3 Å². The number of carbonyl (C=O) groups is 1. The smallest absolute Gasteiger partial charge is 0.281 e. The first kappa shape index (κ1) is 16.1. The predicted molar refractivity (Wildman–Crippen MR) is 92.6 cm³/mol. The number of amides is 1. The number of hydrogen-bond donors (Lipinski definition) is 0. The van der Waals surface area contributed by atoms with Gasteiger partial charge in [0.05, 0.1) is 5.56 Å². The first-order chi connectivity index (χ1) is 10.9. The Labute approximate surface area is 140 Å². The molecule has 23 heavy (non-hydrogen) atoms. The Hall–Kier alpha value is -1.75. The fourth-order valence-electron chi connectivity index (χ4n) is 2.68. The molecule has 0 aromatic carbocycles. The second-order valence-corrected chi connectivity index (χ2v) is 8.24. The SMILES string of the molecule is Cc1c(C(C)(C)C)s/c(=N\C(=O)c2cccnc2)n1CC1CC1. The molecule has 0 N–H and O–H groups in total. The molecule has 1 saturated carbocycles. The molecule has 122 valence electrons. The van der Waals surface area contributed by atoms with Crippen LogP contribution in [0.5, 0.6) is 0 Å². The maximum Gasteiger partial charge on any atom is 0.281 e. The highest BCUT2D eigenvalue weighted by Gasteiger charge is 2.27. The fourth-order valence-corrected chi connectivity index (χ4v) is 3.88. The molecule has 0 spiro atoms. The van der Waals surface area contributed by atoms with Crippen LogP contribution in [0.25, 0.3) is 0 Å². The number of thiazole rings is 1. The van der Waals surface area contributed by atoms with Crippen LogP contribution in [0.4, 0.5) is 0 Å². The van der Waals surface area contributed by atoms with Crippen molar-refractivity contribution in [2.75, 3.05) is 0 Å². The zero-order valence-electron chi connectivity index (χ0n) is 14.2. The lowest BCUT2D eigenvalue weighted by Gasteiger charge is -2.17. The molecule has 5 heteroatoms. The average Bonchev–Trinajstić information content (AvgIpc) is 3.26. The van der Waals surface area contributed by atoms with E-state index in [9.17, 15) is 4.79 Å². The first-order valence-electron chi connectivity index (χ1n) is 8.06. The molecule has 0 unspecified atom stereocenters. The van der Waals surface area contributed by atoms with E-state index < -0.39 is 0 Å². The molecule has 4 nitrogen and oxygen atoms in total. The van der Waals surface area contributed by atoms with Crippen LogP contribution in [0.3, 0.4) is 0 Å². The van der Waals surface area contributed by atoms with Gasteiger partial charge in [0.1, 0.15) is 0 Å². The van der Waals surface area contributed by atoms with E-state index in [1.165, 1.54) is 23.4 Å². The van der Waals surface area contributed by atoms with Gasteiger partial charge in [-0.2, -0.15) is 4.99 Å². The molecule has 1 fully saturated rings. The summed E-state index contributed by atoms with van der Waals surface area (Å²) in [6.07, 6.45) is 5.80. The van der Waals surface area contributed by atoms with Crippen LogP contribution >= 0.6 is 11.3 Å². The Morgan fingerprint density at radius 2 is 2.17 bits per heavy atom. The first-order valence-corrected chi connectivity index (χ1v) is 8.87. The number of hydrogen-bond acceptors (Lipinski definition) is 3. The molecule has 1 amide bonds. The highest BCUT2D eigenvalue weighted by atomic mass is 32.1. The van der Waals surface area contributed by atoms with E-state index in [0.717, 1.165) is 17.3 Å². The van der Waals surface area contributed by atoms with Gasteiger partial charge in [-0.15, -0.1) is 11.3 Å². The normalized spacial score (nSPS) is 15.9. The molecular formula is C18H23N3OS. The van der Waals surface area contributed by atoms with Crippen molar-refractivity contribution >= 4 is 17.2 Å². The second kappa shape index (κ2) is 6.04. The van der Waals surface area contributed by atoms with Crippen molar-refractivity contribution in [2.45, 2.75) is 52.5 Å². The lowest BCUT2D eigenvalue weighted by molar-refractivity contribution is 0.0997. The summed E-state index contributed by atoms with van der Waals surface area (Å²) in [5, 5.41) is 0. The maximum atomic E-state index is 12.4. The van der Waals surface area contributed by atoms with E-state index >= 15 is 0 Å². The van der Waals surface area contributed by atoms with Gasteiger partial charge in [0.25, 0.3) is 5.91 Å². The van der Waals surface area contributed by atoms with Crippen LogP contribution in [0.2, 0.25) is 0 Å². The second-order valence-electron chi connectivity index (χ2n) is 7.26. The van der Waals surface area contributed by atoms with Crippen LogP contribution in [0, 0.1) is 12.8 Å². The average molecular weight is 329 g/mol. The molecule has 3 rings (SSSR count). The lowest BCUT2D eigenvalue weighted by Crippen LogP contribution is -2.19. The standard InChI is InChI=1S/C18H23N3OS/c1-12-15(18(2,3)4)23-17(21(12)11-13-7-8-13)20-16(22)14-6-5-9-19-10-14/h5-6,9-10,13H,7-8,11H2,1-4H3/b20-17-. The summed E-state index contributed by atoms with van der Waals surface area (Å²) in [6, 6.07) is 3.52. The minimum absolute atomic E-state index is 0.0607. The van der Waals surface area contributed by atoms with Crippen molar-refractivity contribution < 1.29 is 4.79 Å². The monoisotopic (exact) mass is 329 g/mol. The number of carbonyl (C=O) groups excluding carboxylic acids is 1. The zero-order chi connectivity index (χ0) is 16.6. The van der Waals surface area contributed by atoms with Gasteiger partial charge in [0.15, 0.2) is 4.80 Å². The largest absolute Gasteiger partial charge is 0.320 e. The molecule has 2 heterocycles. The summed E-state index contributed by atoms with van der Waals surface area (Å²) in [7, 11) is 0. The van der Waals surface area contributed by atoms with E-state index in [1.54, 1.807) is 35.9 Å². The Morgan fingerprint density at radius 1 is 1.43 bits per heavy atom. The summed E-state index contributed by atoms with van der Waals surface area (Å²) in [5.41, 5.74) is 1.84. The van der Waals surface area contributed by atoms with Crippen LogP contribution in [-0.2, 0) is 12.0 Å². The van der Waals surface area contributed by atoms with Crippen molar-refractivity contribution in [1.82, 2.24) is 9.55 Å². The van der Waals surface area contributed by atoms with Crippen LogP contribution in [-0.4, -0.2) is 15.5 Å². The van der Waals surface area contributed by atoms with Crippen molar-refractivity contribution in [3.63, 3.8) is 0 Å². The third-order valence-corrected chi connectivity index (χ3v) is 5.69. The van der Waals surface area contributed by atoms with E-state index in [2.05, 4.69) is 42.2 Å². The van der Waals surface area contributed by atoms with Gasteiger partial charge in [-0.3, -0.25) is 9.78 Å². The Balaban J connectivity index is 2.06. The molecule has 0 atom stereocenters. The molecule has 1 aliphatic rings. The van der Waals surface area contributed by atoms with Crippen molar-refractivity contribution in [1.29, 1.82) is 0 Å². The zero-order valence-corrected chi connectivity index (χ0v) is 15.0. The summed E-state index contributed by atoms with van der Waals surface area (Å²) < 4.78 is 2.23. The van der Waals surface area contributed by atoms with E-state index in [4.69, 9.17) is 0 Å². The maximum absolute atomic E-state index is 12.4. The van der Waals surface area contributed by atoms with Crippen LogP contribution in [0.15, 0.2) is 29.5 Å².